The van der Waals surface area contributed by atoms with Gasteiger partial charge in [-0.1, -0.05) is 36.4 Å². The van der Waals surface area contributed by atoms with E-state index in [2.05, 4.69) is 4.98 Å². The van der Waals surface area contributed by atoms with Crippen molar-refractivity contribution in [3.8, 4) is 0 Å². The van der Waals surface area contributed by atoms with Crippen LogP contribution in [0.25, 0.3) is 16.6 Å². The van der Waals surface area contributed by atoms with Crippen molar-refractivity contribution in [1.29, 1.82) is 0 Å². The van der Waals surface area contributed by atoms with Crippen molar-refractivity contribution in [3.63, 3.8) is 0 Å². The Morgan fingerprint density at radius 2 is 1.73 bits per heavy atom. The summed E-state index contributed by atoms with van der Waals surface area (Å²) in [6, 6.07) is 14.5. The first kappa shape index (κ1) is 21.6. The summed E-state index contributed by atoms with van der Waals surface area (Å²) in [5, 5.41) is -0.675. The molecule has 7 nitrogen and oxygen atoms in total. The Bertz CT molecular complexity index is 1210. The summed E-state index contributed by atoms with van der Waals surface area (Å²) in [5.41, 5.74) is 8.80. The van der Waals surface area contributed by atoms with Crippen LogP contribution >= 0.6 is 0 Å². The predicted molar refractivity (Wildman–Crippen MR) is 118 cm³/mol. The molecule has 0 aliphatic carbocycles. The van der Waals surface area contributed by atoms with Crippen LogP contribution in [-0.2, 0) is 19.6 Å². The highest BCUT2D eigenvalue weighted by atomic mass is 32.2. The topological polar surface area (TPSA) is 104 Å². The van der Waals surface area contributed by atoms with Crippen molar-refractivity contribution in [2.24, 2.45) is 0 Å². The zero-order chi connectivity index (χ0) is 22.1. The Balaban J connectivity index is 2.23. The number of esters is 1. The van der Waals surface area contributed by atoms with Crippen LogP contribution in [0.4, 0.5) is 5.95 Å². The normalized spacial score (nSPS) is 12.7. The number of benzene rings is 2. The second-order valence-electron chi connectivity index (χ2n) is 7.44. The number of ether oxygens (including phenoxy) is 1. The highest BCUT2D eigenvalue weighted by Gasteiger charge is 2.25. The first-order valence-electron chi connectivity index (χ1n) is 9.61. The van der Waals surface area contributed by atoms with Gasteiger partial charge in [-0.3, -0.25) is 0 Å². The zero-order valence-electron chi connectivity index (χ0n) is 17.4. The number of imidazole rings is 1. The van der Waals surface area contributed by atoms with Crippen molar-refractivity contribution in [2.45, 2.75) is 39.0 Å². The molecule has 0 aliphatic heterocycles. The minimum atomic E-state index is -3.72. The Hall–Kier alpha value is -3.13. The molecular weight excluding hydrogens is 402 g/mol. The third-order valence-corrected chi connectivity index (χ3v) is 6.58. The lowest BCUT2D eigenvalue weighted by Gasteiger charge is -2.13. The smallest absolute Gasteiger partial charge is 0.331 e. The fourth-order valence-electron chi connectivity index (χ4n) is 3.05. The second kappa shape index (κ2) is 8.31. The van der Waals surface area contributed by atoms with Gasteiger partial charge in [0.25, 0.3) is 0 Å². The number of rotatable bonds is 6. The van der Waals surface area contributed by atoms with Crippen LogP contribution in [0.5, 0.6) is 0 Å². The van der Waals surface area contributed by atoms with Crippen LogP contribution in [0.1, 0.15) is 38.8 Å². The van der Waals surface area contributed by atoms with Gasteiger partial charge in [0, 0.05) is 6.08 Å². The molecule has 30 heavy (non-hydrogen) atoms. The molecule has 1 heterocycles. The number of nitrogens with two attached hydrogens (primary N) is 1. The summed E-state index contributed by atoms with van der Waals surface area (Å²) in [7, 11) is -3.72. The van der Waals surface area contributed by atoms with Crippen LogP contribution in [0.2, 0.25) is 0 Å². The standard InChI is InChI=1S/C22H25N3O4S/c1-14(2)29-21(26)13-18(16-8-6-5-7-9-16)17-10-11-19-20(12-17)25(22(23)24-19)30(27,28)15(3)4/h5-15H,1-4H3,(H2,23,24). The molecular formula is C22H25N3O4S. The van der Waals surface area contributed by atoms with Crippen molar-refractivity contribution < 1.29 is 17.9 Å². The Labute approximate surface area is 176 Å². The average Bonchev–Trinajstić information content (AvgIpc) is 3.01. The maximum absolute atomic E-state index is 12.8. The van der Waals surface area contributed by atoms with Crippen molar-refractivity contribution in [1.82, 2.24) is 8.96 Å². The van der Waals surface area contributed by atoms with Crippen molar-refractivity contribution in [2.75, 3.05) is 5.73 Å². The third-order valence-electron chi connectivity index (χ3n) is 4.50. The largest absolute Gasteiger partial charge is 0.460 e. The molecule has 0 saturated heterocycles. The molecule has 0 saturated carbocycles. The molecule has 2 aromatic carbocycles. The number of fused-ring (bicyclic) bond motifs is 1. The van der Waals surface area contributed by atoms with E-state index in [1.54, 1.807) is 45.9 Å². The van der Waals surface area contributed by atoms with E-state index < -0.39 is 21.2 Å². The Morgan fingerprint density at radius 1 is 1.07 bits per heavy atom. The molecule has 8 heteroatoms. The monoisotopic (exact) mass is 427 g/mol. The number of anilines is 1. The average molecular weight is 428 g/mol. The van der Waals surface area contributed by atoms with Gasteiger partial charge in [-0.15, -0.1) is 0 Å². The summed E-state index contributed by atoms with van der Waals surface area (Å²) < 4.78 is 32.0. The molecule has 3 aromatic rings. The van der Waals surface area contributed by atoms with Crippen LogP contribution in [0.3, 0.4) is 0 Å². The van der Waals surface area contributed by atoms with Gasteiger partial charge in [-0.2, -0.15) is 0 Å². The molecule has 0 atom stereocenters. The Morgan fingerprint density at radius 3 is 2.33 bits per heavy atom. The Kier molecular flexibility index (Phi) is 5.98. The molecule has 0 fully saturated rings. The van der Waals surface area contributed by atoms with E-state index in [0.29, 0.717) is 22.2 Å². The predicted octanol–water partition coefficient (Wildman–Crippen LogP) is 3.59. The summed E-state index contributed by atoms with van der Waals surface area (Å²) in [5.74, 6) is -0.577. The zero-order valence-corrected chi connectivity index (χ0v) is 18.2. The molecule has 158 valence electrons. The van der Waals surface area contributed by atoms with E-state index >= 15 is 0 Å². The van der Waals surface area contributed by atoms with E-state index in [9.17, 15) is 13.2 Å². The number of hydrogen-bond acceptors (Lipinski definition) is 6. The van der Waals surface area contributed by atoms with Gasteiger partial charge in [0.1, 0.15) is 0 Å². The van der Waals surface area contributed by atoms with E-state index in [-0.39, 0.29) is 12.1 Å². The lowest BCUT2D eigenvalue weighted by molar-refractivity contribution is -0.141. The van der Waals surface area contributed by atoms with Crippen LogP contribution < -0.4 is 5.73 Å². The lowest BCUT2D eigenvalue weighted by Crippen LogP contribution is -2.23. The van der Waals surface area contributed by atoms with Crippen molar-refractivity contribution >= 4 is 38.5 Å². The fraction of sp³-hybridized carbons (Fsp3) is 0.273. The first-order chi connectivity index (χ1) is 14.1. The van der Waals surface area contributed by atoms with Crippen LogP contribution in [0.15, 0.2) is 54.6 Å². The maximum atomic E-state index is 12.8. The maximum Gasteiger partial charge on any atom is 0.331 e. The summed E-state index contributed by atoms with van der Waals surface area (Å²) >= 11 is 0. The van der Waals surface area contributed by atoms with Crippen LogP contribution in [-0.4, -0.2) is 34.7 Å². The fourth-order valence-corrected chi connectivity index (χ4v) is 4.20. The quantitative estimate of drug-likeness (QED) is 0.476. The molecule has 0 amide bonds. The number of carbonyl (C=O) groups is 1. The highest BCUT2D eigenvalue weighted by Crippen LogP contribution is 2.29. The first-order valence-corrected chi connectivity index (χ1v) is 11.1. The van der Waals surface area contributed by atoms with Crippen LogP contribution in [0, 0.1) is 0 Å². The summed E-state index contributed by atoms with van der Waals surface area (Å²) in [6.45, 7) is 6.72. The van der Waals surface area contributed by atoms with Gasteiger partial charge in [-0.25, -0.2) is 22.2 Å². The SMILES string of the molecule is CC(C)OC(=O)C=C(c1ccccc1)c1ccc2nc(N)n(S(=O)(=O)C(C)C)c2c1. The van der Waals surface area contributed by atoms with Gasteiger partial charge in [0.2, 0.25) is 16.0 Å². The molecule has 0 aliphatic rings. The van der Waals surface area contributed by atoms with Gasteiger partial charge in [0.15, 0.2) is 0 Å². The third kappa shape index (κ3) is 4.23. The molecule has 1 aromatic heterocycles. The molecule has 0 radical (unpaired) electrons. The van der Waals surface area contributed by atoms with E-state index in [4.69, 9.17) is 10.5 Å². The molecule has 0 spiro atoms. The second-order valence-corrected chi connectivity index (χ2v) is 9.78. The van der Waals surface area contributed by atoms with Crippen molar-refractivity contribution in [3.05, 3.63) is 65.7 Å². The van der Waals surface area contributed by atoms with Gasteiger partial charge in [-0.05, 0) is 56.5 Å². The molecule has 0 bridgehead atoms. The summed E-state index contributed by atoms with van der Waals surface area (Å²) in [4.78, 5) is 16.5. The highest BCUT2D eigenvalue weighted by molar-refractivity contribution is 7.90. The molecule has 2 N–H and O–H groups in total. The van der Waals surface area contributed by atoms with Gasteiger partial charge >= 0.3 is 5.97 Å². The van der Waals surface area contributed by atoms with E-state index in [0.717, 1.165) is 9.54 Å². The van der Waals surface area contributed by atoms with E-state index in [1.807, 2.05) is 30.3 Å². The number of hydrogen-bond donors (Lipinski definition) is 1. The number of aromatic nitrogens is 2. The van der Waals surface area contributed by atoms with E-state index in [1.165, 1.54) is 6.08 Å². The minimum absolute atomic E-state index is 0.0969. The minimum Gasteiger partial charge on any atom is -0.460 e. The number of carbonyl (C=O) groups excluding carboxylic acids is 1. The number of nitrogen functional groups attached to an aromatic ring is 1. The number of nitrogens with zero attached hydrogens (tertiary/aromatic N) is 2. The van der Waals surface area contributed by atoms with Gasteiger partial charge in [0.05, 0.1) is 22.4 Å². The molecule has 0 unspecified atom stereocenters. The molecule has 3 rings (SSSR count). The summed E-state index contributed by atoms with van der Waals surface area (Å²) in [6.07, 6.45) is 1.16. The lowest BCUT2D eigenvalue weighted by atomic mass is 9.97. The van der Waals surface area contributed by atoms with Gasteiger partial charge < -0.3 is 10.5 Å².